The van der Waals surface area contributed by atoms with E-state index < -0.39 is 0 Å². The van der Waals surface area contributed by atoms with Crippen molar-refractivity contribution < 1.29 is 4.79 Å². The molecule has 2 aromatic rings. The van der Waals surface area contributed by atoms with Crippen LogP contribution in [0, 0.1) is 0 Å². The zero-order valence-corrected chi connectivity index (χ0v) is 11.7. The Kier molecular flexibility index (Phi) is 4.29. The number of nitrogens with two attached hydrogens (primary N) is 1. The molecule has 5 nitrogen and oxygen atoms in total. The summed E-state index contributed by atoms with van der Waals surface area (Å²) in [5.41, 5.74) is 3.42. The lowest BCUT2D eigenvalue weighted by Crippen LogP contribution is -2.24. The number of halogens is 1. The van der Waals surface area contributed by atoms with E-state index in [-0.39, 0.29) is 5.91 Å². The third-order valence-electron chi connectivity index (χ3n) is 2.32. The molecule has 7 heteroatoms. The van der Waals surface area contributed by atoms with Gasteiger partial charge in [-0.15, -0.1) is 11.3 Å². The SMILES string of the molecule is NNc1cnccc1C(=O)NCc1sccc1Br. The summed E-state index contributed by atoms with van der Waals surface area (Å²) in [5, 5.41) is 4.80. The first kappa shape index (κ1) is 13.0. The molecular weight excluding hydrogens is 316 g/mol. The maximum absolute atomic E-state index is 12.0. The Morgan fingerprint density at radius 1 is 1.50 bits per heavy atom. The molecule has 18 heavy (non-hydrogen) atoms. The number of anilines is 1. The minimum absolute atomic E-state index is 0.189. The predicted octanol–water partition coefficient (Wildman–Crippen LogP) is 2.12. The zero-order valence-electron chi connectivity index (χ0n) is 9.31. The van der Waals surface area contributed by atoms with Gasteiger partial charge in [0.2, 0.25) is 0 Å². The van der Waals surface area contributed by atoms with Crippen LogP contribution in [0.15, 0.2) is 34.4 Å². The fourth-order valence-electron chi connectivity index (χ4n) is 1.41. The standard InChI is InChI=1S/C11H11BrN4OS/c12-8-2-4-18-10(8)6-15-11(17)7-1-3-14-5-9(7)16-13/h1-5,16H,6,13H2,(H,15,17). The van der Waals surface area contributed by atoms with Crippen LogP contribution in [0.25, 0.3) is 0 Å². The first-order valence-corrected chi connectivity index (χ1v) is 6.80. The van der Waals surface area contributed by atoms with E-state index >= 15 is 0 Å². The number of carbonyl (C=O) groups is 1. The van der Waals surface area contributed by atoms with E-state index in [1.807, 2.05) is 11.4 Å². The summed E-state index contributed by atoms with van der Waals surface area (Å²) < 4.78 is 1.000. The number of rotatable bonds is 4. The molecule has 0 aliphatic carbocycles. The lowest BCUT2D eigenvalue weighted by molar-refractivity contribution is 0.0952. The number of nitrogens with zero attached hydrogens (tertiary/aromatic N) is 1. The molecule has 0 radical (unpaired) electrons. The van der Waals surface area contributed by atoms with Gasteiger partial charge in [-0.05, 0) is 33.4 Å². The summed E-state index contributed by atoms with van der Waals surface area (Å²) >= 11 is 5.00. The van der Waals surface area contributed by atoms with Gasteiger partial charge in [-0.25, -0.2) is 0 Å². The Hall–Kier alpha value is -1.44. The van der Waals surface area contributed by atoms with Crippen molar-refractivity contribution in [1.29, 1.82) is 0 Å². The molecule has 0 atom stereocenters. The van der Waals surface area contributed by atoms with E-state index in [0.29, 0.717) is 17.8 Å². The molecule has 2 heterocycles. The van der Waals surface area contributed by atoms with Crippen LogP contribution in [0.2, 0.25) is 0 Å². The van der Waals surface area contributed by atoms with E-state index in [9.17, 15) is 4.79 Å². The lowest BCUT2D eigenvalue weighted by atomic mass is 10.2. The summed E-state index contributed by atoms with van der Waals surface area (Å²) in [6.07, 6.45) is 3.06. The average molecular weight is 327 g/mol. The number of nitrogen functional groups attached to an aromatic ring is 1. The van der Waals surface area contributed by atoms with Crippen molar-refractivity contribution in [3.8, 4) is 0 Å². The van der Waals surface area contributed by atoms with E-state index in [0.717, 1.165) is 9.35 Å². The Morgan fingerprint density at radius 2 is 2.33 bits per heavy atom. The molecule has 0 aliphatic heterocycles. The Balaban J connectivity index is 2.06. The molecule has 0 spiro atoms. The van der Waals surface area contributed by atoms with Crippen molar-refractivity contribution in [2.24, 2.45) is 5.84 Å². The van der Waals surface area contributed by atoms with Crippen molar-refractivity contribution >= 4 is 38.9 Å². The summed E-state index contributed by atoms with van der Waals surface area (Å²) in [6.45, 7) is 0.476. The van der Waals surface area contributed by atoms with Crippen LogP contribution >= 0.6 is 27.3 Å². The quantitative estimate of drug-likeness (QED) is 0.594. The number of aromatic nitrogens is 1. The molecule has 0 aliphatic rings. The molecule has 0 aromatic carbocycles. The summed E-state index contributed by atoms with van der Waals surface area (Å²) in [4.78, 5) is 16.9. The first-order chi connectivity index (χ1) is 8.72. The molecule has 1 amide bonds. The van der Waals surface area contributed by atoms with Gasteiger partial charge in [0.15, 0.2) is 0 Å². The summed E-state index contributed by atoms with van der Waals surface area (Å²) in [6, 6.07) is 3.57. The number of carbonyl (C=O) groups excluding carboxylic acids is 1. The average Bonchev–Trinajstić information content (AvgIpc) is 2.81. The van der Waals surface area contributed by atoms with Gasteiger partial charge in [0, 0.05) is 15.5 Å². The smallest absolute Gasteiger partial charge is 0.253 e. The highest BCUT2D eigenvalue weighted by atomic mass is 79.9. The van der Waals surface area contributed by atoms with E-state index in [1.165, 1.54) is 6.20 Å². The Morgan fingerprint density at radius 3 is 3.00 bits per heavy atom. The van der Waals surface area contributed by atoms with Crippen molar-refractivity contribution in [3.63, 3.8) is 0 Å². The highest BCUT2D eigenvalue weighted by Crippen LogP contribution is 2.22. The van der Waals surface area contributed by atoms with Crippen molar-refractivity contribution in [2.45, 2.75) is 6.54 Å². The van der Waals surface area contributed by atoms with Crippen LogP contribution in [0.4, 0.5) is 5.69 Å². The van der Waals surface area contributed by atoms with Gasteiger partial charge in [0.25, 0.3) is 5.91 Å². The number of hydrogen-bond donors (Lipinski definition) is 3. The summed E-state index contributed by atoms with van der Waals surface area (Å²) in [7, 11) is 0. The maximum atomic E-state index is 12.0. The van der Waals surface area contributed by atoms with Crippen molar-refractivity contribution in [1.82, 2.24) is 10.3 Å². The molecular formula is C11H11BrN4OS. The monoisotopic (exact) mass is 326 g/mol. The van der Waals surface area contributed by atoms with Crippen LogP contribution in [-0.2, 0) is 6.54 Å². The molecule has 4 N–H and O–H groups in total. The van der Waals surface area contributed by atoms with Crippen LogP contribution < -0.4 is 16.6 Å². The zero-order chi connectivity index (χ0) is 13.0. The van der Waals surface area contributed by atoms with E-state index in [1.54, 1.807) is 23.6 Å². The fraction of sp³-hybridized carbons (Fsp3) is 0.0909. The highest BCUT2D eigenvalue weighted by Gasteiger charge is 2.11. The Bertz CT molecular complexity index is 557. The second-order valence-electron chi connectivity index (χ2n) is 3.44. The highest BCUT2D eigenvalue weighted by molar-refractivity contribution is 9.10. The lowest BCUT2D eigenvalue weighted by Gasteiger charge is -2.08. The van der Waals surface area contributed by atoms with Crippen molar-refractivity contribution in [2.75, 3.05) is 5.43 Å². The van der Waals surface area contributed by atoms with Gasteiger partial charge in [0.1, 0.15) is 0 Å². The van der Waals surface area contributed by atoms with Gasteiger partial charge in [0.05, 0.1) is 24.0 Å². The summed E-state index contributed by atoms with van der Waals surface area (Å²) in [5.74, 6) is 5.14. The minimum atomic E-state index is -0.189. The van der Waals surface area contributed by atoms with Gasteiger partial charge in [-0.2, -0.15) is 0 Å². The van der Waals surface area contributed by atoms with Gasteiger partial charge < -0.3 is 10.7 Å². The minimum Gasteiger partial charge on any atom is -0.347 e. The number of thiophene rings is 1. The van der Waals surface area contributed by atoms with Gasteiger partial charge in [-0.3, -0.25) is 15.6 Å². The molecule has 0 unspecified atom stereocenters. The molecule has 2 rings (SSSR count). The number of pyridine rings is 1. The maximum Gasteiger partial charge on any atom is 0.253 e. The fourth-order valence-corrected chi connectivity index (χ4v) is 2.85. The second-order valence-corrected chi connectivity index (χ2v) is 5.29. The number of hydrogen-bond acceptors (Lipinski definition) is 5. The van der Waals surface area contributed by atoms with Crippen LogP contribution in [0.5, 0.6) is 0 Å². The molecule has 2 aromatic heterocycles. The van der Waals surface area contributed by atoms with E-state index in [2.05, 4.69) is 31.7 Å². The van der Waals surface area contributed by atoms with Crippen molar-refractivity contribution in [3.05, 3.63) is 44.8 Å². The topological polar surface area (TPSA) is 80.0 Å². The van der Waals surface area contributed by atoms with Gasteiger partial charge >= 0.3 is 0 Å². The molecule has 0 saturated carbocycles. The van der Waals surface area contributed by atoms with Crippen LogP contribution in [0.1, 0.15) is 15.2 Å². The molecule has 0 saturated heterocycles. The van der Waals surface area contributed by atoms with E-state index in [4.69, 9.17) is 5.84 Å². The normalized spacial score (nSPS) is 10.1. The number of amides is 1. The van der Waals surface area contributed by atoms with Crippen LogP contribution in [-0.4, -0.2) is 10.9 Å². The molecule has 94 valence electrons. The third kappa shape index (κ3) is 2.87. The molecule has 0 fully saturated rings. The first-order valence-electron chi connectivity index (χ1n) is 5.13. The Labute approximate surface area is 117 Å². The predicted molar refractivity (Wildman–Crippen MR) is 75.2 cm³/mol. The van der Waals surface area contributed by atoms with Gasteiger partial charge in [-0.1, -0.05) is 0 Å². The largest absolute Gasteiger partial charge is 0.347 e. The number of nitrogens with one attached hydrogen (secondary N) is 2. The molecule has 0 bridgehead atoms. The van der Waals surface area contributed by atoms with Crippen LogP contribution in [0.3, 0.4) is 0 Å². The second kappa shape index (κ2) is 5.94. The number of hydrazine groups is 1. The third-order valence-corrected chi connectivity index (χ3v) is 4.25.